The van der Waals surface area contributed by atoms with Crippen molar-refractivity contribution in [3.05, 3.63) is 16.4 Å². The van der Waals surface area contributed by atoms with Gasteiger partial charge in [0.05, 0.1) is 5.69 Å². The van der Waals surface area contributed by atoms with Crippen LogP contribution in [-0.4, -0.2) is 32.0 Å². The van der Waals surface area contributed by atoms with Gasteiger partial charge in [-0.25, -0.2) is 0 Å². The van der Waals surface area contributed by atoms with Gasteiger partial charge in [0.1, 0.15) is 5.15 Å². The largest absolute Gasteiger partial charge is 0.310 e. The lowest BCUT2D eigenvalue weighted by atomic mass is 10.1. The zero-order valence-corrected chi connectivity index (χ0v) is 13.9. The van der Waals surface area contributed by atoms with E-state index in [2.05, 4.69) is 31.2 Å². The van der Waals surface area contributed by atoms with Crippen LogP contribution in [-0.2, 0) is 24.4 Å². The van der Waals surface area contributed by atoms with Gasteiger partial charge in [0, 0.05) is 48.0 Å². The Morgan fingerprint density at radius 3 is 2.58 bits per heavy atom. The van der Waals surface area contributed by atoms with Crippen molar-refractivity contribution in [3.63, 3.8) is 0 Å². The molecule has 0 unspecified atom stereocenters. The van der Waals surface area contributed by atoms with Crippen molar-refractivity contribution in [2.45, 2.75) is 45.7 Å². The fourth-order valence-electron chi connectivity index (χ4n) is 1.92. The van der Waals surface area contributed by atoms with Gasteiger partial charge in [0.25, 0.3) is 0 Å². The van der Waals surface area contributed by atoms with E-state index in [9.17, 15) is 4.21 Å². The number of nitrogens with one attached hydrogen (secondary N) is 1. The molecule has 0 aliphatic heterocycles. The van der Waals surface area contributed by atoms with Gasteiger partial charge in [-0.1, -0.05) is 25.4 Å². The van der Waals surface area contributed by atoms with Gasteiger partial charge >= 0.3 is 0 Å². The molecule has 1 aromatic rings. The summed E-state index contributed by atoms with van der Waals surface area (Å²) < 4.78 is 12.8. The molecule has 0 saturated carbocycles. The number of rotatable bonds is 7. The molecule has 0 aromatic carbocycles. The quantitative estimate of drug-likeness (QED) is 0.841. The van der Waals surface area contributed by atoms with Gasteiger partial charge < -0.3 is 5.32 Å². The van der Waals surface area contributed by atoms with Crippen LogP contribution in [0.2, 0.25) is 5.15 Å². The lowest BCUT2D eigenvalue weighted by Crippen LogP contribution is -2.27. The van der Waals surface area contributed by atoms with Crippen LogP contribution in [0.5, 0.6) is 0 Å². The first-order valence-electron chi connectivity index (χ1n) is 6.57. The van der Waals surface area contributed by atoms with Crippen molar-refractivity contribution in [1.82, 2.24) is 15.1 Å². The number of hydrogen-bond acceptors (Lipinski definition) is 3. The first kappa shape index (κ1) is 16.7. The van der Waals surface area contributed by atoms with Crippen molar-refractivity contribution in [2.75, 3.05) is 12.0 Å². The summed E-state index contributed by atoms with van der Waals surface area (Å²) in [4.78, 5) is 0. The number of halogens is 1. The molecule has 0 spiro atoms. The molecule has 4 nitrogen and oxygen atoms in total. The summed E-state index contributed by atoms with van der Waals surface area (Å²) >= 11 is 6.28. The van der Waals surface area contributed by atoms with Gasteiger partial charge in [-0.2, -0.15) is 5.10 Å². The third kappa shape index (κ3) is 4.89. The highest BCUT2D eigenvalue weighted by atomic mass is 35.5. The molecule has 1 N–H and O–H groups in total. The number of nitrogens with zero attached hydrogens (tertiary/aromatic N) is 2. The van der Waals surface area contributed by atoms with E-state index in [0.29, 0.717) is 23.7 Å². The van der Waals surface area contributed by atoms with E-state index in [4.69, 9.17) is 11.6 Å². The van der Waals surface area contributed by atoms with Crippen LogP contribution < -0.4 is 5.32 Å². The zero-order chi connectivity index (χ0) is 14.6. The lowest BCUT2D eigenvalue weighted by molar-refractivity contribution is 0.532. The van der Waals surface area contributed by atoms with Gasteiger partial charge in [-0.15, -0.1) is 0 Å². The standard InChI is InChI=1S/C13H24ClN3OS/c1-9(2)12-11(13(14)17(4)16-12)8-15-10(3)6-7-19(5)18/h9-10,15H,6-8H2,1-5H3/t10-,19+/m0/s1. The van der Waals surface area contributed by atoms with E-state index in [1.54, 1.807) is 10.9 Å². The maximum atomic E-state index is 11.1. The van der Waals surface area contributed by atoms with Crippen LogP contribution in [0.3, 0.4) is 0 Å². The maximum Gasteiger partial charge on any atom is 0.131 e. The summed E-state index contributed by atoms with van der Waals surface area (Å²) in [5, 5.41) is 8.59. The van der Waals surface area contributed by atoms with Crippen molar-refractivity contribution >= 4 is 22.4 Å². The van der Waals surface area contributed by atoms with Crippen molar-refractivity contribution in [2.24, 2.45) is 7.05 Å². The first-order chi connectivity index (χ1) is 8.82. The highest BCUT2D eigenvalue weighted by Gasteiger charge is 2.17. The summed E-state index contributed by atoms with van der Waals surface area (Å²) in [7, 11) is 1.13. The fourth-order valence-corrected chi connectivity index (χ4v) is 2.80. The van der Waals surface area contributed by atoms with Gasteiger partial charge in [-0.3, -0.25) is 8.89 Å². The van der Waals surface area contributed by atoms with E-state index in [1.165, 1.54) is 0 Å². The van der Waals surface area contributed by atoms with E-state index in [0.717, 1.165) is 23.4 Å². The Hall–Kier alpha value is -0.390. The van der Waals surface area contributed by atoms with Crippen LogP contribution >= 0.6 is 11.6 Å². The molecule has 1 aromatic heterocycles. The lowest BCUT2D eigenvalue weighted by Gasteiger charge is -2.14. The van der Waals surface area contributed by atoms with Crippen LogP contribution in [0.25, 0.3) is 0 Å². The average Bonchev–Trinajstić information content (AvgIpc) is 2.61. The Bertz CT molecular complexity index is 445. The minimum atomic E-state index is -0.729. The van der Waals surface area contributed by atoms with E-state index < -0.39 is 10.8 Å². The van der Waals surface area contributed by atoms with Gasteiger partial charge in [-0.05, 0) is 19.3 Å². The Morgan fingerprint density at radius 1 is 1.42 bits per heavy atom. The predicted octanol–water partition coefficient (Wildman–Crippen LogP) is 2.44. The number of aryl methyl sites for hydroxylation is 1. The van der Waals surface area contributed by atoms with Gasteiger partial charge in [0.2, 0.25) is 0 Å². The normalized spacial score (nSPS) is 14.9. The second-order valence-corrected chi connectivity index (χ2v) is 7.19. The van der Waals surface area contributed by atoms with Crippen LogP contribution in [0, 0.1) is 0 Å². The molecule has 1 rings (SSSR count). The molecule has 0 fully saturated rings. The van der Waals surface area contributed by atoms with E-state index in [1.807, 2.05) is 7.05 Å². The van der Waals surface area contributed by atoms with Crippen molar-refractivity contribution < 1.29 is 4.21 Å². The van der Waals surface area contributed by atoms with E-state index >= 15 is 0 Å². The molecule has 0 saturated heterocycles. The van der Waals surface area contributed by atoms with Gasteiger partial charge in [0.15, 0.2) is 0 Å². The molecule has 1 heterocycles. The monoisotopic (exact) mass is 305 g/mol. The molecule has 0 bridgehead atoms. The van der Waals surface area contributed by atoms with Crippen molar-refractivity contribution in [1.29, 1.82) is 0 Å². The highest BCUT2D eigenvalue weighted by molar-refractivity contribution is 7.84. The molecular weight excluding hydrogens is 282 g/mol. The molecule has 0 amide bonds. The number of hydrogen-bond donors (Lipinski definition) is 1. The Balaban J connectivity index is 2.64. The minimum absolute atomic E-state index is 0.320. The fraction of sp³-hybridized carbons (Fsp3) is 0.769. The molecular formula is C13H24ClN3OS. The summed E-state index contributed by atoms with van der Waals surface area (Å²) in [6.07, 6.45) is 2.64. The summed E-state index contributed by atoms with van der Waals surface area (Å²) in [5.41, 5.74) is 2.12. The molecule has 110 valence electrons. The van der Waals surface area contributed by atoms with Crippen LogP contribution in [0.4, 0.5) is 0 Å². The van der Waals surface area contributed by atoms with Crippen LogP contribution in [0.15, 0.2) is 0 Å². The maximum absolute atomic E-state index is 11.1. The molecule has 6 heteroatoms. The van der Waals surface area contributed by atoms with E-state index in [-0.39, 0.29) is 0 Å². The Morgan fingerprint density at radius 2 is 2.05 bits per heavy atom. The summed E-state index contributed by atoms with van der Waals surface area (Å²) in [6, 6.07) is 0.320. The summed E-state index contributed by atoms with van der Waals surface area (Å²) in [5.74, 6) is 1.08. The molecule has 0 radical (unpaired) electrons. The Labute approximate surface area is 123 Å². The zero-order valence-electron chi connectivity index (χ0n) is 12.4. The molecule has 2 atom stereocenters. The molecule has 0 aliphatic carbocycles. The first-order valence-corrected chi connectivity index (χ1v) is 8.68. The SMILES string of the molecule is CC(C)c1nn(C)c(Cl)c1CN[C@@H](C)CC[S@@](C)=O. The summed E-state index contributed by atoms with van der Waals surface area (Å²) in [6.45, 7) is 7.04. The molecule has 0 aliphatic rings. The number of aromatic nitrogens is 2. The third-order valence-electron chi connectivity index (χ3n) is 3.11. The topological polar surface area (TPSA) is 46.9 Å². The Kier molecular flexibility index (Phi) is 6.50. The van der Waals surface area contributed by atoms with Crippen molar-refractivity contribution in [3.8, 4) is 0 Å². The second-order valence-electron chi connectivity index (χ2n) is 5.28. The smallest absolute Gasteiger partial charge is 0.131 e. The van der Waals surface area contributed by atoms with Crippen LogP contribution in [0.1, 0.15) is 44.4 Å². The predicted molar refractivity (Wildman–Crippen MR) is 82.2 cm³/mol. The average molecular weight is 306 g/mol. The minimum Gasteiger partial charge on any atom is -0.310 e. The second kappa shape index (κ2) is 7.41. The third-order valence-corrected chi connectivity index (χ3v) is 4.40. The molecule has 19 heavy (non-hydrogen) atoms. The highest BCUT2D eigenvalue weighted by Crippen LogP contribution is 2.25.